The molecule has 0 saturated carbocycles. The van der Waals surface area contributed by atoms with Crippen molar-refractivity contribution in [1.82, 2.24) is 9.78 Å². The van der Waals surface area contributed by atoms with E-state index in [1.165, 1.54) is 7.05 Å². The van der Waals surface area contributed by atoms with Gasteiger partial charge in [-0.05, 0) is 29.8 Å². The third-order valence-corrected chi connectivity index (χ3v) is 4.22. The third-order valence-electron chi connectivity index (χ3n) is 4.22. The summed E-state index contributed by atoms with van der Waals surface area (Å²) >= 11 is 0. The van der Waals surface area contributed by atoms with Crippen LogP contribution in [0.25, 0.3) is 0 Å². The predicted octanol–water partition coefficient (Wildman–Crippen LogP) is 5.09. The minimum absolute atomic E-state index is 0.0630. The fourth-order valence-corrected chi connectivity index (χ4v) is 2.77. The lowest BCUT2D eigenvalue weighted by Gasteiger charge is -2.10. The van der Waals surface area contributed by atoms with Crippen LogP contribution in [0.2, 0.25) is 0 Å². The quantitative estimate of drug-likeness (QED) is 0.609. The van der Waals surface area contributed by atoms with E-state index in [2.05, 4.69) is 10.3 Å². The Bertz CT molecular complexity index is 1010. The van der Waals surface area contributed by atoms with E-state index in [1.807, 2.05) is 42.5 Å². The molecular weight excluding hydrogens is 387 g/mol. The van der Waals surface area contributed by atoms with Gasteiger partial charge in [0.1, 0.15) is 11.5 Å². The maximum Gasteiger partial charge on any atom is 0.435 e. The molecule has 1 aliphatic rings. The Morgan fingerprint density at radius 1 is 1.00 bits per heavy atom. The van der Waals surface area contributed by atoms with Crippen LogP contribution in [0.4, 0.5) is 13.2 Å². The minimum Gasteiger partial charge on any atom is -0.457 e. The summed E-state index contributed by atoms with van der Waals surface area (Å²) in [6.07, 6.45) is -4.66. The van der Waals surface area contributed by atoms with E-state index < -0.39 is 18.0 Å². The monoisotopic (exact) mass is 403 g/mol. The molecule has 0 bridgehead atoms. The number of alkyl halides is 3. The van der Waals surface area contributed by atoms with Crippen molar-refractivity contribution in [2.24, 2.45) is 12.2 Å². The fourth-order valence-electron chi connectivity index (χ4n) is 2.77. The number of hydrogen-bond acceptors (Lipinski definition) is 5. The fraction of sp³-hybridized carbons (Fsp3) is 0.200. The number of benzene rings is 2. The zero-order valence-electron chi connectivity index (χ0n) is 15.3. The number of aromatic nitrogens is 2. The van der Waals surface area contributed by atoms with Crippen LogP contribution in [-0.2, 0) is 18.1 Å². The molecule has 29 heavy (non-hydrogen) atoms. The molecule has 0 spiro atoms. The minimum atomic E-state index is -4.54. The van der Waals surface area contributed by atoms with E-state index in [0.717, 1.165) is 22.1 Å². The van der Waals surface area contributed by atoms with E-state index >= 15 is 0 Å². The van der Waals surface area contributed by atoms with Crippen molar-refractivity contribution in [3.63, 3.8) is 0 Å². The Labute approximate surface area is 164 Å². The summed E-state index contributed by atoms with van der Waals surface area (Å²) in [5.41, 5.74) is -0.186. The van der Waals surface area contributed by atoms with Gasteiger partial charge in [-0.15, -0.1) is 0 Å². The first-order chi connectivity index (χ1) is 13.9. The van der Waals surface area contributed by atoms with Gasteiger partial charge in [0.2, 0.25) is 11.8 Å². The summed E-state index contributed by atoms with van der Waals surface area (Å²) < 4.78 is 50.4. The zero-order chi connectivity index (χ0) is 20.4. The van der Waals surface area contributed by atoms with E-state index in [0.29, 0.717) is 5.75 Å². The molecule has 1 atom stereocenters. The Morgan fingerprint density at radius 3 is 2.34 bits per heavy atom. The van der Waals surface area contributed by atoms with Crippen molar-refractivity contribution in [3.8, 4) is 17.4 Å². The van der Waals surface area contributed by atoms with Crippen LogP contribution >= 0.6 is 0 Å². The van der Waals surface area contributed by atoms with Gasteiger partial charge in [0.25, 0.3) is 0 Å². The molecule has 150 valence electrons. The van der Waals surface area contributed by atoms with Crippen LogP contribution < -0.4 is 9.47 Å². The molecule has 6 nitrogen and oxygen atoms in total. The average Bonchev–Trinajstić information content (AvgIpc) is 3.31. The Hall–Kier alpha value is -3.49. The second-order valence-electron chi connectivity index (χ2n) is 6.36. The maximum atomic E-state index is 12.8. The van der Waals surface area contributed by atoms with Crippen molar-refractivity contribution in [1.29, 1.82) is 0 Å². The van der Waals surface area contributed by atoms with Gasteiger partial charge in [-0.2, -0.15) is 18.3 Å². The molecule has 0 aliphatic carbocycles. The lowest BCUT2D eigenvalue weighted by Crippen LogP contribution is -2.10. The van der Waals surface area contributed by atoms with Gasteiger partial charge in [-0.25, -0.2) is 4.68 Å². The number of nitrogens with zero attached hydrogens (tertiary/aromatic N) is 3. The first-order valence-corrected chi connectivity index (χ1v) is 8.73. The molecule has 9 heteroatoms. The molecule has 0 N–H and O–H groups in total. The zero-order valence-corrected chi connectivity index (χ0v) is 15.3. The molecule has 0 saturated heterocycles. The highest BCUT2D eigenvalue weighted by Gasteiger charge is 2.35. The average molecular weight is 403 g/mol. The van der Waals surface area contributed by atoms with E-state index in [-0.39, 0.29) is 18.2 Å². The van der Waals surface area contributed by atoms with Crippen molar-refractivity contribution in [2.45, 2.75) is 18.7 Å². The van der Waals surface area contributed by atoms with Gasteiger partial charge in [0, 0.05) is 13.1 Å². The Kier molecular flexibility index (Phi) is 4.87. The van der Waals surface area contributed by atoms with Crippen molar-refractivity contribution in [3.05, 3.63) is 71.9 Å². The largest absolute Gasteiger partial charge is 0.457 e. The van der Waals surface area contributed by atoms with Crippen molar-refractivity contribution < 1.29 is 27.5 Å². The van der Waals surface area contributed by atoms with E-state index in [1.54, 1.807) is 12.1 Å². The lowest BCUT2D eigenvalue weighted by molar-refractivity contribution is -0.141. The van der Waals surface area contributed by atoms with Crippen LogP contribution in [0.5, 0.6) is 17.4 Å². The standard InChI is InChI=1S/C20H16F3N3O3/c1-26-19(12-17(24-26)20(21,22)23)28-18-11-16(29-25-18)13-7-9-15(10-8-13)27-14-5-3-2-4-6-14/h2-10,12,16H,11H2,1H3/t16-/m1/s1. The van der Waals surface area contributed by atoms with Gasteiger partial charge >= 0.3 is 6.18 Å². The molecule has 1 aliphatic heterocycles. The van der Waals surface area contributed by atoms with Gasteiger partial charge in [0.05, 0.1) is 6.42 Å². The van der Waals surface area contributed by atoms with E-state index in [9.17, 15) is 13.2 Å². The third kappa shape index (κ3) is 4.34. The highest BCUT2D eigenvalue weighted by molar-refractivity contribution is 5.79. The highest BCUT2D eigenvalue weighted by atomic mass is 19.4. The van der Waals surface area contributed by atoms with E-state index in [4.69, 9.17) is 14.3 Å². The summed E-state index contributed by atoms with van der Waals surface area (Å²) in [6, 6.07) is 17.5. The summed E-state index contributed by atoms with van der Waals surface area (Å²) in [7, 11) is 1.36. The van der Waals surface area contributed by atoms with Crippen LogP contribution in [0, 0.1) is 0 Å². The second kappa shape index (κ2) is 7.50. The Morgan fingerprint density at radius 2 is 1.69 bits per heavy atom. The predicted molar refractivity (Wildman–Crippen MR) is 97.7 cm³/mol. The summed E-state index contributed by atoms with van der Waals surface area (Å²) in [4.78, 5) is 5.37. The molecule has 2 aromatic carbocycles. The van der Waals surface area contributed by atoms with Gasteiger partial charge in [-0.1, -0.05) is 35.5 Å². The Balaban J connectivity index is 1.38. The summed E-state index contributed by atoms with van der Waals surface area (Å²) in [6.45, 7) is 0. The second-order valence-corrected chi connectivity index (χ2v) is 6.36. The first kappa shape index (κ1) is 18.9. The summed E-state index contributed by atoms with van der Waals surface area (Å²) in [5, 5.41) is 7.23. The van der Waals surface area contributed by atoms with Gasteiger partial charge < -0.3 is 14.3 Å². The lowest BCUT2D eigenvalue weighted by atomic mass is 10.1. The van der Waals surface area contributed by atoms with Crippen LogP contribution in [0.1, 0.15) is 23.8 Å². The molecule has 0 fully saturated rings. The molecule has 4 rings (SSSR count). The normalized spacial score (nSPS) is 16.3. The van der Waals surface area contributed by atoms with Gasteiger partial charge in [-0.3, -0.25) is 0 Å². The number of oxime groups is 1. The SMILES string of the molecule is Cn1nc(C(F)(F)F)cc1OC1=NO[C@@H](c2ccc(Oc3ccccc3)cc2)C1. The molecule has 2 heterocycles. The number of halogens is 3. The number of ether oxygens (including phenoxy) is 2. The molecule has 1 aromatic heterocycles. The molecule has 0 amide bonds. The molecule has 0 radical (unpaired) electrons. The van der Waals surface area contributed by atoms with Crippen molar-refractivity contribution in [2.75, 3.05) is 0 Å². The van der Waals surface area contributed by atoms with Gasteiger partial charge in [0.15, 0.2) is 11.8 Å². The van der Waals surface area contributed by atoms with Crippen LogP contribution in [0.3, 0.4) is 0 Å². The van der Waals surface area contributed by atoms with Crippen LogP contribution in [0.15, 0.2) is 65.8 Å². The van der Waals surface area contributed by atoms with Crippen LogP contribution in [-0.4, -0.2) is 15.7 Å². The van der Waals surface area contributed by atoms with Crippen molar-refractivity contribution >= 4 is 5.90 Å². The molecular formula is C20H16F3N3O3. The maximum absolute atomic E-state index is 12.8. The number of rotatable bonds is 4. The summed E-state index contributed by atoms with van der Waals surface area (Å²) in [5.74, 6) is 1.51. The first-order valence-electron chi connectivity index (χ1n) is 8.73. The smallest absolute Gasteiger partial charge is 0.435 e. The molecule has 3 aromatic rings. The number of aryl methyl sites for hydroxylation is 1. The number of para-hydroxylation sites is 1. The molecule has 0 unspecified atom stereocenters. The highest BCUT2D eigenvalue weighted by Crippen LogP contribution is 2.33. The topological polar surface area (TPSA) is 57.9 Å². The number of hydrogen-bond donors (Lipinski definition) is 0.